The van der Waals surface area contributed by atoms with E-state index >= 15 is 0 Å². The molecule has 0 saturated carbocycles. The summed E-state index contributed by atoms with van der Waals surface area (Å²) in [6, 6.07) is 18.6. The number of carbonyl (C=O) groups is 2. The van der Waals surface area contributed by atoms with Gasteiger partial charge >= 0.3 is 12.1 Å². The van der Waals surface area contributed by atoms with Crippen molar-refractivity contribution in [1.82, 2.24) is 4.90 Å². The van der Waals surface area contributed by atoms with Gasteiger partial charge in [-0.25, -0.2) is 4.79 Å². The van der Waals surface area contributed by atoms with E-state index in [9.17, 15) is 9.59 Å². The standard InChI is InChI=1S/C26H22BrNO6/c1-32-21-8-6-15(11-24(29)30)10-22(21)33-20-9-7-18(27)12-17(20)14-28-25-19-5-3-2-4-16(19)13-23(25)34-26(28)31/h2-10,12,23,25H,11,13-14H2,1H3,(H,29,30)/t23-,25+/m1/s1. The first kappa shape index (κ1) is 22.3. The van der Waals surface area contributed by atoms with Gasteiger partial charge in [0.15, 0.2) is 11.5 Å². The van der Waals surface area contributed by atoms with E-state index in [1.165, 1.54) is 12.7 Å². The van der Waals surface area contributed by atoms with Gasteiger partial charge in [-0.15, -0.1) is 0 Å². The zero-order valence-corrected chi connectivity index (χ0v) is 19.9. The Bertz CT molecular complexity index is 1280. The molecule has 0 bridgehead atoms. The molecule has 0 radical (unpaired) electrons. The van der Waals surface area contributed by atoms with Crippen LogP contribution in [-0.2, 0) is 28.9 Å². The molecule has 1 heterocycles. The molecule has 1 saturated heterocycles. The van der Waals surface area contributed by atoms with Gasteiger partial charge < -0.3 is 19.3 Å². The maximum absolute atomic E-state index is 12.8. The van der Waals surface area contributed by atoms with Crippen LogP contribution in [0.3, 0.4) is 0 Å². The van der Waals surface area contributed by atoms with Crippen LogP contribution in [0.25, 0.3) is 0 Å². The summed E-state index contributed by atoms with van der Waals surface area (Å²) in [5.41, 5.74) is 3.68. The predicted octanol–water partition coefficient (Wildman–Crippen LogP) is 5.50. The van der Waals surface area contributed by atoms with E-state index in [-0.39, 0.29) is 24.7 Å². The Kier molecular flexibility index (Phi) is 5.91. The van der Waals surface area contributed by atoms with Gasteiger partial charge in [-0.2, -0.15) is 0 Å². The number of amides is 1. The second-order valence-electron chi connectivity index (χ2n) is 8.31. The summed E-state index contributed by atoms with van der Waals surface area (Å²) in [4.78, 5) is 25.7. The zero-order chi connectivity index (χ0) is 23.8. The second kappa shape index (κ2) is 9.02. The number of carboxylic acids is 1. The van der Waals surface area contributed by atoms with E-state index in [0.29, 0.717) is 35.8 Å². The van der Waals surface area contributed by atoms with Crippen LogP contribution in [0, 0.1) is 0 Å². The van der Waals surface area contributed by atoms with E-state index in [1.807, 2.05) is 36.4 Å². The van der Waals surface area contributed by atoms with Gasteiger partial charge in [-0.3, -0.25) is 9.69 Å². The SMILES string of the molecule is COc1ccc(CC(=O)O)cc1Oc1ccc(Br)cc1CN1C(=O)O[C@@H]2Cc3ccccc3[C@@H]21. The maximum atomic E-state index is 12.8. The number of benzene rings is 3. The fraction of sp³-hybridized carbons (Fsp3) is 0.231. The van der Waals surface area contributed by atoms with E-state index in [0.717, 1.165) is 15.6 Å². The van der Waals surface area contributed by atoms with Crippen LogP contribution in [0.5, 0.6) is 17.2 Å². The number of nitrogens with zero attached hydrogens (tertiary/aromatic N) is 1. The van der Waals surface area contributed by atoms with Gasteiger partial charge in [0.1, 0.15) is 11.9 Å². The van der Waals surface area contributed by atoms with Crippen molar-refractivity contribution in [2.24, 2.45) is 0 Å². The molecule has 1 N–H and O–H groups in total. The predicted molar refractivity (Wildman–Crippen MR) is 127 cm³/mol. The highest BCUT2D eigenvalue weighted by Gasteiger charge is 2.47. The maximum Gasteiger partial charge on any atom is 0.411 e. The normalized spacial score (nSPS) is 18.3. The molecule has 3 aromatic rings. The largest absolute Gasteiger partial charge is 0.493 e. The van der Waals surface area contributed by atoms with Crippen molar-refractivity contribution in [3.8, 4) is 17.2 Å². The lowest BCUT2D eigenvalue weighted by molar-refractivity contribution is -0.136. The zero-order valence-electron chi connectivity index (χ0n) is 18.4. The molecule has 3 aromatic carbocycles. The molecule has 0 aromatic heterocycles. The minimum Gasteiger partial charge on any atom is -0.493 e. The van der Waals surface area contributed by atoms with Crippen molar-refractivity contribution in [3.05, 3.63) is 87.4 Å². The molecule has 8 heteroatoms. The van der Waals surface area contributed by atoms with Crippen LogP contribution in [0.1, 0.15) is 28.3 Å². The summed E-state index contributed by atoms with van der Waals surface area (Å²) in [5, 5.41) is 9.15. The number of aliphatic carboxylic acids is 1. The molecular formula is C26H22BrNO6. The molecule has 1 fully saturated rings. The van der Waals surface area contributed by atoms with Crippen molar-refractivity contribution >= 4 is 28.0 Å². The molecule has 1 aliphatic carbocycles. The fourth-order valence-corrected chi connectivity index (χ4v) is 5.05. The van der Waals surface area contributed by atoms with Crippen LogP contribution in [0.4, 0.5) is 4.79 Å². The van der Waals surface area contributed by atoms with Crippen molar-refractivity contribution in [2.75, 3.05) is 7.11 Å². The second-order valence-corrected chi connectivity index (χ2v) is 9.22. The number of hydrogen-bond acceptors (Lipinski definition) is 5. The summed E-state index contributed by atoms with van der Waals surface area (Å²) >= 11 is 3.52. The van der Waals surface area contributed by atoms with Gasteiger partial charge in [0, 0.05) is 16.5 Å². The van der Waals surface area contributed by atoms with Gasteiger partial charge in [0.05, 0.1) is 26.1 Å². The third-order valence-corrected chi connectivity index (χ3v) is 6.63. The Morgan fingerprint density at radius 2 is 1.91 bits per heavy atom. The third-order valence-electron chi connectivity index (χ3n) is 6.14. The lowest BCUT2D eigenvalue weighted by Gasteiger charge is -2.23. The van der Waals surface area contributed by atoms with E-state index in [4.69, 9.17) is 19.3 Å². The minimum atomic E-state index is -0.931. The minimum absolute atomic E-state index is 0.129. The Morgan fingerprint density at radius 3 is 2.71 bits per heavy atom. The lowest BCUT2D eigenvalue weighted by atomic mass is 10.1. The molecule has 174 valence electrons. The number of rotatable bonds is 7. The highest BCUT2D eigenvalue weighted by molar-refractivity contribution is 9.10. The number of hydrogen-bond donors (Lipinski definition) is 1. The highest BCUT2D eigenvalue weighted by atomic mass is 79.9. The van der Waals surface area contributed by atoms with Gasteiger partial charge in [-0.05, 0) is 47.0 Å². The van der Waals surface area contributed by atoms with Crippen molar-refractivity contribution in [3.63, 3.8) is 0 Å². The van der Waals surface area contributed by atoms with Crippen LogP contribution < -0.4 is 9.47 Å². The summed E-state index contributed by atoms with van der Waals surface area (Å²) < 4.78 is 18.2. The average Bonchev–Trinajstić information content (AvgIpc) is 3.30. The highest BCUT2D eigenvalue weighted by Crippen LogP contribution is 2.44. The summed E-state index contributed by atoms with van der Waals surface area (Å²) in [7, 11) is 1.53. The molecular weight excluding hydrogens is 502 g/mol. The van der Waals surface area contributed by atoms with Crippen LogP contribution in [-0.4, -0.2) is 35.3 Å². The smallest absolute Gasteiger partial charge is 0.411 e. The summed E-state index contributed by atoms with van der Waals surface area (Å²) in [5.74, 6) is 0.488. The van der Waals surface area contributed by atoms with Crippen molar-refractivity contribution in [1.29, 1.82) is 0 Å². The first-order chi connectivity index (χ1) is 16.4. The Labute approximate surface area is 205 Å². The molecule has 5 rings (SSSR count). The fourth-order valence-electron chi connectivity index (χ4n) is 4.64. The van der Waals surface area contributed by atoms with E-state index in [1.54, 1.807) is 23.1 Å². The Morgan fingerprint density at radius 1 is 1.12 bits per heavy atom. The van der Waals surface area contributed by atoms with Crippen molar-refractivity contribution < 1.29 is 28.9 Å². The number of methoxy groups -OCH3 is 1. The van der Waals surface area contributed by atoms with Crippen LogP contribution in [0.15, 0.2) is 65.1 Å². The average molecular weight is 524 g/mol. The Hall–Kier alpha value is -3.52. The number of halogens is 1. The number of carboxylic acid groups (broad SMARTS) is 1. The first-order valence-corrected chi connectivity index (χ1v) is 11.6. The quantitative estimate of drug-likeness (QED) is 0.440. The topological polar surface area (TPSA) is 85.3 Å². The van der Waals surface area contributed by atoms with Gasteiger partial charge in [-0.1, -0.05) is 46.3 Å². The molecule has 1 aliphatic heterocycles. The molecule has 2 atom stereocenters. The Balaban J connectivity index is 1.47. The summed E-state index contributed by atoms with van der Waals surface area (Å²) in [6.07, 6.45) is 0.0272. The molecule has 0 spiro atoms. The van der Waals surface area contributed by atoms with Crippen molar-refractivity contribution in [2.45, 2.75) is 31.5 Å². The van der Waals surface area contributed by atoms with Crippen LogP contribution in [0.2, 0.25) is 0 Å². The third kappa shape index (κ3) is 4.21. The number of fused-ring (bicyclic) bond motifs is 3. The monoisotopic (exact) mass is 523 g/mol. The first-order valence-electron chi connectivity index (χ1n) is 10.8. The molecule has 1 amide bonds. The molecule has 34 heavy (non-hydrogen) atoms. The molecule has 7 nitrogen and oxygen atoms in total. The molecule has 0 unspecified atom stereocenters. The van der Waals surface area contributed by atoms with Gasteiger partial charge in [0.25, 0.3) is 0 Å². The molecule has 2 aliphatic rings. The van der Waals surface area contributed by atoms with E-state index < -0.39 is 5.97 Å². The van der Waals surface area contributed by atoms with Gasteiger partial charge in [0.2, 0.25) is 0 Å². The van der Waals surface area contributed by atoms with Crippen LogP contribution >= 0.6 is 15.9 Å². The number of carbonyl (C=O) groups excluding carboxylic acids is 1. The number of ether oxygens (including phenoxy) is 3. The summed E-state index contributed by atoms with van der Waals surface area (Å²) in [6.45, 7) is 0.292. The lowest BCUT2D eigenvalue weighted by Crippen LogP contribution is -2.27. The van der Waals surface area contributed by atoms with E-state index in [2.05, 4.69) is 22.0 Å².